The molecule has 3 fully saturated rings. The normalized spacial score (nSPS) is 20.3. The number of anilines is 1. The van der Waals surface area contributed by atoms with Crippen molar-refractivity contribution in [3.8, 4) is 11.3 Å². The van der Waals surface area contributed by atoms with Crippen LogP contribution in [0.2, 0.25) is 0 Å². The third-order valence-electron chi connectivity index (χ3n) is 6.27. The molecule has 150 valence electrons. The predicted molar refractivity (Wildman–Crippen MR) is 109 cm³/mol. The molecule has 3 aromatic rings. The minimum atomic E-state index is 0.300. The standard InChI is InChI=1S/C21H24N6O2/c28-21(14-1-2-14)26-7-5-25(6-8-26)19-3-4-22-20-17(19)9-18(24-20)15-10-23-27(11-15)16-12-29-13-16/h3-4,9-11,14,16H,1-2,5-8,12-13H2,(H,22,24). The van der Waals surface area contributed by atoms with Crippen LogP contribution in [0.5, 0.6) is 0 Å². The van der Waals surface area contributed by atoms with Gasteiger partial charge in [0.15, 0.2) is 0 Å². The summed E-state index contributed by atoms with van der Waals surface area (Å²) < 4.78 is 7.25. The fraction of sp³-hybridized carbons (Fsp3) is 0.476. The number of fused-ring (bicyclic) bond motifs is 1. The molecule has 8 heteroatoms. The fourth-order valence-electron chi connectivity index (χ4n) is 4.25. The van der Waals surface area contributed by atoms with Crippen molar-refractivity contribution in [1.82, 2.24) is 24.6 Å². The number of carbonyl (C=O) groups is 1. The largest absolute Gasteiger partial charge is 0.377 e. The van der Waals surface area contributed by atoms with Crippen LogP contribution in [0.25, 0.3) is 22.3 Å². The Kier molecular flexibility index (Phi) is 3.87. The summed E-state index contributed by atoms with van der Waals surface area (Å²) in [5.41, 5.74) is 4.14. The number of ether oxygens (including phenoxy) is 1. The highest BCUT2D eigenvalue weighted by atomic mass is 16.5. The average molecular weight is 392 g/mol. The van der Waals surface area contributed by atoms with Crippen molar-refractivity contribution in [1.29, 1.82) is 0 Å². The zero-order valence-corrected chi connectivity index (χ0v) is 16.3. The van der Waals surface area contributed by atoms with Crippen LogP contribution in [-0.2, 0) is 9.53 Å². The second-order valence-corrected chi connectivity index (χ2v) is 8.26. The number of nitrogens with one attached hydrogen (secondary N) is 1. The van der Waals surface area contributed by atoms with Crippen LogP contribution in [0, 0.1) is 5.92 Å². The smallest absolute Gasteiger partial charge is 0.225 e. The first kappa shape index (κ1) is 17.0. The topological polar surface area (TPSA) is 79.3 Å². The second kappa shape index (κ2) is 6.59. The van der Waals surface area contributed by atoms with Crippen molar-refractivity contribution in [2.24, 2.45) is 5.92 Å². The minimum Gasteiger partial charge on any atom is -0.377 e. The molecule has 1 saturated carbocycles. The molecule has 3 aromatic heterocycles. The quantitative estimate of drug-likeness (QED) is 0.735. The van der Waals surface area contributed by atoms with Gasteiger partial charge < -0.3 is 19.5 Å². The maximum atomic E-state index is 12.3. The third kappa shape index (κ3) is 2.98. The maximum absolute atomic E-state index is 12.3. The number of amides is 1. The molecule has 0 spiro atoms. The van der Waals surface area contributed by atoms with Crippen molar-refractivity contribution >= 4 is 22.6 Å². The lowest BCUT2D eigenvalue weighted by Crippen LogP contribution is -2.49. The summed E-state index contributed by atoms with van der Waals surface area (Å²) in [6.45, 7) is 4.78. The molecule has 0 unspecified atom stereocenters. The summed E-state index contributed by atoms with van der Waals surface area (Å²) in [5.74, 6) is 0.649. The lowest BCUT2D eigenvalue weighted by molar-refractivity contribution is -0.132. The Hall–Kier alpha value is -2.87. The molecular formula is C21H24N6O2. The van der Waals surface area contributed by atoms with Gasteiger partial charge in [0.1, 0.15) is 5.65 Å². The van der Waals surface area contributed by atoms with Gasteiger partial charge in [-0.25, -0.2) is 4.98 Å². The number of rotatable bonds is 4. The molecule has 0 bridgehead atoms. The Morgan fingerprint density at radius 2 is 2.00 bits per heavy atom. The van der Waals surface area contributed by atoms with Crippen LogP contribution in [0.3, 0.4) is 0 Å². The summed E-state index contributed by atoms with van der Waals surface area (Å²) in [7, 11) is 0. The van der Waals surface area contributed by atoms with Crippen LogP contribution in [-0.4, -0.2) is 69.9 Å². The number of aromatic nitrogens is 4. The van der Waals surface area contributed by atoms with E-state index >= 15 is 0 Å². The maximum Gasteiger partial charge on any atom is 0.225 e. The zero-order valence-electron chi connectivity index (χ0n) is 16.3. The number of aromatic amines is 1. The lowest BCUT2D eigenvalue weighted by Gasteiger charge is -2.36. The number of carbonyl (C=O) groups excluding carboxylic acids is 1. The number of hydrogen-bond donors (Lipinski definition) is 1. The molecule has 1 aliphatic carbocycles. The molecule has 8 nitrogen and oxygen atoms in total. The first-order chi connectivity index (χ1) is 14.3. The predicted octanol–water partition coefficient (Wildman–Crippen LogP) is 2.06. The first-order valence-corrected chi connectivity index (χ1v) is 10.4. The van der Waals surface area contributed by atoms with E-state index in [1.807, 2.05) is 22.0 Å². The van der Waals surface area contributed by atoms with Crippen LogP contribution < -0.4 is 4.90 Å². The van der Waals surface area contributed by atoms with E-state index in [2.05, 4.69) is 38.3 Å². The number of hydrogen-bond acceptors (Lipinski definition) is 5. The van der Waals surface area contributed by atoms with Crippen LogP contribution in [0.1, 0.15) is 18.9 Å². The molecule has 0 radical (unpaired) electrons. The van der Waals surface area contributed by atoms with Gasteiger partial charge in [-0.3, -0.25) is 9.48 Å². The molecule has 5 heterocycles. The van der Waals surface area contributed by atoms with E-state index in [9.17, 15) is 4.79 Å². The Bertz CT molecular complexity index is 1060. The molecule has 3 aliphatic rings. The van der Waals surface area contributed by atoms with E-state index in [4.69, 9.17) is 4.74 Å². The van der Waals surface area contributed by atoms with Gasteiger partial charge in [-0.05, 0) is 25.0 Å². The van der Waals surface area contributed by atoms with Gasteiger partial charge in [-0.2, -0.15) is 5.10 Å². The Morgan fingerprint density at radius 3 is 2.72 bits per heavy atom. The second-order valence-electron chi connectivity index (χ2n) is 8.26. The molecule has 1 amide bonds. The van der Waals surface area contributed by atoms with Gasteiger partial charge in [0.05, 0.1) is 31.1 Å². The highest BCUT2D eigenvalue weighted by molar-refractivity contribution is 5.94. The Balaban J connectivity index is 1.24. The highest BCUT2D eigenvalue weighted by Gasteiger charge is 2.34. The van der Waals surface area contributed by atoms with Crippen molar-refractivity contribution in [3.05, 3.63) is 30.7 Å². The first-order valence-electron chi connectivity index (χ1n) is 10.4. The summed E-state index contributed by atoms with van der Waals surface area (Å²) >= 11 is 0. The molecule has 0 aromatic carbocycles. The Morgan fingerprint density at radius 1 is 1.17 bits per heavy atom. The van der Waals surface area contributed by atoms with Gasteiger partial charge in [-0.15, -0.1) is 0 Å². The number of piperazine rings is 1. The van der Waals surface area contributed by atoms with Gasteiger partial charge in [0.25, 0.3) is 0 Å². The van der Waals surface area contributed by atoms with Crippen LogP contribution in [0.15, 0.2) is 30.7 Å². The zero-order chi connectivity index (χ0) is 19.4. The van der Waals surface area contributed by atoms with E-state index in [1.54, 1.807) is 0 Å². The molecular weight excluding hydrogens is 368 g/mol. The van der Waals surface area contributed by atoms with Gasteiger partial charge in [0.2, 0.25) is 5.91 Å². The monoisotopic (exact) mass is 392 g/mol. The highest BCUT2D eigenvalue weighted by Crippen LogP contribution is 2.33. The lowest BCUT2D eigenvalue weighted by atomic mass is 10.2. The summed E-state index contributed by atoms with van der Waals surface area (Å²) in [5, 5.41) is 5.60. The number of H-pyrrole nitrogens is 1. The average Bonchev–Trinajstić information content (AvgIpc) is 3.29. The van der Waals surface area contributed by atoms with Gasteiger partial charge in [-0.1, -0.05) is 0 Å². The molecule has 6 rings (SSSR count). The van der Waals surface area contributed by atoms with E-state index in [0.717, 1.165) is 74.5 Å². The molecule has 29 heavy (non-hydrogen) atoms. The van der Waals surface area contributed by atoms with E-state index < -0.39 is 0 Å². The van der Waals surface area contributed by atoms with Crippen LogP contribution in [0.4, 0.5) is 5.69 Å². The van der Waals surface area contributed by atoms with E-state index in [1.165, 1.54) is 5.69 Å². The van der Waals surface area contributed by atoms with E-state index in [0.29, 0.717) is 17.9 Å². The number of nitrogens with zero attached hydrogens (tertiary/aromatic N) is 5. The minimum absolute atomic E-state index is 0.300. The summed E-state index contributed by atoms with van der Waals surface area (Å²) in [6.07, 6.45) is 7.96. The molecule has 1 N–H and O–H groups in total. The van der Waals surface area contributed by atoms with Crippen molar-refractivity contribution in [2.45, 2.75) is 18.9 Å². The van der Waals surface area contributed by atoms with Crippen molar-refractivity contribution in [2.75, 3.05) is 44.3 Å². The summed E-state index contributed by atoms with van der Waals surface area (Å²) in [6, 6.07) is 4.59. The Labute approximate surface area is 168 Å². The van der Waals surface area contributed by atoms with Crippen LogP contribution >= 0.6 is 0 Å². The van der Waals surface area contributed by atoms with Gasteiger partial charge >= 0.3 is 0 Å². The fourth-order valence-corrected chi connectivity index (χ4v) is 4.25. The number of pyridine rings is 1. The van der Waals surface area contributed by atoms with E-state index in [-0.39, 0.29) is 0 Å². The summed E-state index contributed by atoms with van der Waals surface area (Å²) in [4.78, 5) is 24.7. The van der Waals surface area contributed by atoms with Crippen molar-refractivity contribution < 1.29 is 9.53 Å². The van der Waals surface area contributed by atoms with Gasteiger partial charge in [0, 0.05) is 61.1 Å². The third-order valence-corrected chi connectivity index (χ3v) is 6.27. The molecule has 2 saturated heterocycles. The molecule has 2 aliphatic heterocycles. The molecule has 0 atom stereocenters. The SMILES string of the molecule is O=C(C1CC1)N1CCN(c2ccnc3[nH]c(-c4cnn(C5COC5)c4)cc23)CC1. The van der Waals surface area contributed by atoms with Crippen molar-refractivity contribution in [3.63, 3.8) is 0 Å².